The van der Waals surface area contributed by atoms with Crippen LogP contribution in [-0.4, -0.2) is 34.8 Å². The number of nitrogens with zero attached hydrogens (tertiary/aromatic N) is 1. The Labute approximate surface area is 147 Å². The summed E-state index contributed by atoms with van der Waals surface area (Å²) in [6.45, 7) is 9.78. The molecule has 0 aromatic heterocycles. The number of amides is 1. The minimum atomic E-state index is -0.471. The van der Waals surface area contributed by atoms with Crippen molar-refractivity contribution in [1.82, 2.24) is 4.90 Å². The van der Waals surface area contributed by atoms with Crippen LogP contribution in [0.3, 0.4) is 0 Å². The van der Waals surface area contributed by atoms with Crippen molar-refractivity contribution in [3.8, 4) is 5.75 Å². The van der Waals surface area contributed by atoms with Gasteiger partial charge in [0.2, 0.25) is 0 Å². The third kappa shape index (κ3) is 5.13. The minimum absolute atomic E-state index is 0.0917. The first-order valence-electron chi connectivity index (χ1n) is 8.09. The third-order valence-electron chi connectivity index (χ3n) is 3.88. The Balaban J connectivity index is 1.98. The summed E-state index contributed by atoms with van der Waals surface area (Å²) in [6, 6.07) is 8.04. The zero-order chi connectivity index (χ0) is 17.2. The molecule has 1 saturated heterocycles. The highest BCUT2D eigenvalue weighted by atomic mass is 79.9. The molecule has 1 heterocycles. The van der Waals surface area contributed by atoms with Gasteiger partial charge in [0.05, 0.1) is 0 Å². The Morgan fingerprint density at radius 3 is 2.13 bits per heavy atom. The number of carbonyl (C=O) groups is 1. The third-order valence-corrected chi connectivity index (χ3v) is 4.41. The fourth-order valence-corrected chi connectivity index (χ4v) is 3.26. The maximum absolute atomic E-state index is 12.4. The zero-order valence-electron chi connectivity index (χ0n) is 14.5. The lowest BCUT2D eigenvalue weighted by Gasteiger charge is -2.42. The molecule has 0 spiro atoms. The molecule has 1 amide bonds. The Kier molecular flexibility index (Phi) is 5.61. The van der Waals surface area contributed by atoms with E-state index in [4.69, 9.17) is 9.47 Å². The maximum Gasteiger partial charge on any atom is 0.410 e. The largest absolute Gasteiger partial charge is 0.490 e. The summed E-state index contributed by atoms with van der Waals surface area (Å²) in [5, 5.41) is 0. The Morgan fingerprint density at radius 1 is 1.13 bits per heavy atom. The summed E-state index contributed by atoms with van der Waals surface area (Å²) in [7, 11) is 0. The Morgan fingerprint density at radius 2 is 1.65 bits per heavy atom. The van der Waals surface area contributed by atoms with E-state index >= 15 is 0 Å². The van der Waals surface area contributed by atoms with Gasteiger partial charge in [-0.3, -0.25) is 0 Å². The van der Waals surface area contributed by atoms with Crippen molar-refractivity contribution < 1.29 is 14.3 Å². The molecule has 4 nitrogen and oxygen atoms in total. The predicted octanol–water partition coefficient (Wildman–Crippen LogP) is 5.00. The average molecular weight is 384 g/mol. The van der Waals surface area contributed by atoms with Gasteiger partial charge in [-0.15, -0.1) is 0 Å². The van der Waals surface area contributed by atoms with Crippen molar-refractivity contribution in [3.05, 3.63) is 28.7 Å². The molecule has 1 aliphatic rings. The molecule has 0 N–H and O–H groups in total. The lowest BCUT2D eigenvalue weighted by atomic mass is 9.95. The summed E-state index contributed by atoms with van der Waals surface area (Å²) >= 11 is 3.42. The summed E-state index contributed by atoms with van der Waals surface area (Å²) in [4.78, 5) is 14.2. The molecule has 1 fully saturated rings. The standard InChI is InChI=1S/C18H26BrNO3/c1-12-10-16(22-15-8-6-14(19)7-9-15)11-13(2)20(12)17(21)23-18(3,4)5/h6-9,12-13,16H,10-11H2,1-5H3/t12-,13-/m0/s1. The first-order valence-corrected chi connectivity index (χ1v) is 8.88. The van der Waals surface area contributed by atoms with Gasteiger partial charge in [0.25, 0.3) is 0 Å². The highest BCUT2D eigenvalue weighted by Gasteiger charge is 2.37. The molecular formula is C18H26BrNO3. The van der Waals surface area contributed by atoms with Crippen LogP contribution in [0.4, 0.5) is 4.79 Å². The monoisotopic (exact) mass is 383 g/mol. The summed E-state index contributed by atoms with van der Waals surface area (Å²) < 4.78 is 12.6. The van der Waals surface area contributed by atoms with Gasteiger partial charge in [0, 0.05) is 29.4 Å². The molecular weight excluding hydrogens is 358 g/mol. The lowest BCUT2D eigenvalue weighted by molar-refractivity contribution is -0.0179. The molecule has 0 saturated carbocycles. The van der Waals surface area contributed by atoms with Crippen molar-refractivity contribution in [2.45, 2.75) is 71.2 Å². The van der Waals surface area contributed by atoms with E-state index in [1.165, 1.54) is 0 Å². The molecule has 23 heavy (non-hydrogen) atoms. The van der Waals surface area contributed by atoms with Crippen LogP contribution in [0.5, 0.6) is 5.75 Å². The van der Waals surface area contributed by atoms with E-state index in [0.717, 1.165) is 23.1 Å². The molecule has 0 aliphatic carbocycles. The molecule has 1 aliphatic heterocycles. The second-order valence-electron chi connectivity index (χ2n) is 7.25. The topological polar surface area (TPSA) is 38.8 Å². The van der Waals surface area contributed by atoms with E-state index in [-0.39, 0.29) is 24.3 Å². The number of likely N-dealkylation sites (tertiary alicyclic amines) is 1. The molecule has 128 valence electrons. The molecule has 0 bridgehead atoms. The van der Waals surface area contributed by atoms with Crippen molar-refractivity contribution in [2.24, 2.45) is 0 Å². The Bertz CT molecular complexity index is 526. The van der Waals surface area contributed by atoms with E-state index in [2.05, 4.69) is 29.8 Å². The summed E-state index contributed by atoms with van der Waals surface area (Å²) in [5.74, 6) is 0.864. The maximum atomic E-state index is 12.4. The first kappa shape index (κ1) is 18.1. The predicted molar refractivity (Wildman–Crippen MR) is 94.8 cm³/mol. The van der Waals surface area contributed by atoms with Crippen molar-refractivity contribution >= 4 is 22.0 Å². The number of hydrogen-bond acceptors (Lipinski definition) is 3. The second kappa shape index (κ2) is 7.12. The van der Waals surface area contributed by atoms with Gasteiger partial charge in [-0.05, 0) is 58.9 Å². The van der Waals surface area contributed by atoms with E-state index in [1.807, 2.05) is 49.9 Å². The molecule has 0 unspecified atom stereocenters. The minimum Gasteiger partial charge on any atom is -0.490 e. The van der Waals surface area contributed by atoms with Gasteiger partial charge >= 0.3 is 6.09 Å². The lowest BCUT2D eigenvalue weighted by Crippen LogP contribution is -2.53. The number of ether oxygens (including phenoxy) is 2. The number of halogens is 1. The molecule has 5 heteroatoms. The van der Waals surface area contributed by atoms with Gasteiger partial charge in [-0.25, -0.2) is 4.79 Å². The van der Waals surface area contributed by atoms with Crippen LogP contribution in [0.2, 0.25) is 0 Å². The molecule has 1 aromatic carbocycles. The number of benzene rings is 1. The van der Waals surface area contributed by atoms with Crippen molar-refractivity contribution in [3.63, 3.8) is 0 Å². The second-order valence-corrected chi connectivity index (χ2v) is 8.17. The van der Waals surface area contributed by atoms with Crippen molar-refractivity contribution in [1.29, 1.82) is 0 Å². The van der Waals surface area contributed by atoms with Gasteiger partial charge < -0.3 is 14.4 Å². The van der Waals surface area contributed by atoms with Crippen LogP contribution in [0.1, 0.15) is 47.5 Å². The van der Waals surface area contributed by atoms with E-state index < -0.39 is 5.60 Å². The van der Waals surface area contributed by atoms with Gasteiger partial charge in [0.15, 0.2) is 0 Å². The molecule has 2 atom stereocenters. The van der Waals surface area contributed by atoms with Crippen LogP contribution in [0, 0.1) is 0 Å². The number of rotatable bonds is 2. The highest BCUT2D eigenvalue weighted by Crippen LogP contribution is 2.28. The first-order chi connectivity index (χ1) is 10.7. The molecule has 0 radical (unpaired) electrons. The highest BCUT2D eigenvalue weighted by molar-refractivity contribution is 9.10. The molecule has 1 aromatic rings. The van der Waals surface area contributed by atoms with Gasteiger partial charge in [-0.2, -0.15) is 0 Å². The quantitative estimate of drug-likeness (QED) is 0.720. The number of piperidine rings is 1. The number of hydrogen-bond donors (Lipinski definition) is 0. The van der Waals surface area contributed by atoms with Crippen LogP contribution < -0.4 is 4.74 Å². The summed E-state index contributed by atoms with van der Waals surface area (Å²) in [5.41, 5.74) is -0.471. The Hall–Kier alpha value is -1.23. The van der Waals surface area contributed by atoms with Crippen LogP contribution in [0.25, 0.3) is 0 Å². The van der Waals surface area contributed by atoms with E-state index in [9.17, 15) is 4.79 Å². The molecule has 2 rings (SSSR count). The smallest absolute Gasteiger partial charge is 0.410 e. The average Bonchev–Trinajstić information content (AvgIpc) is 2.38. The van der Waals surface area contributed by atoms with Crippen molar-refractivity contribution in [2.75, 3.05) is 0 Å². The fraction of sp³-hybridized carbons (Fsp3) is 0.611. The van der Waals surface area contributed by atoms with Gasteiger partial charge in [0.1, 0.15) is 17.5 Å². The summed E-state index contributed by atoms with van der Waals surface area (Å²) in [6.07, 6.45) is 1.48. The van der Waals surface area contributed by atoms with Gasteiger partial charge in [-0.1, -0.05) is 15.9 Å². The SMILES string of the molecule is C[C@H]1CC(Oc2ccc(Br)cc2)C[C@H](C)N1C(=O)OC(C)(C)C. The van der Waals surface area contributed by atoms with Crippen LogP contribution >= 0.6 is 15.9 Å². The normalized spacial score (nSPS) is 25.1. The fourth-order valence-electron chi connectivity index (χ4n) is 3.00. The van der Waals surface area contributed by atoms with Crippen LogP contribution in [0.15, 0.2) is 28.7 Å². The van der Waals surface area contributed by atoms with E-state index in [1.54, 1.807) is 0 Å². The van der Waals surface area contributed by atoms with Crippen LogP contribution in [-0.2, 0) is 4.74 Å². The number of carbonyl (C=O) groups excluding carboxylic acids is 1. The van der Waals surface area contributed by atoms with E-state index in [0.29, 0.717) is 0 Å². The zero-order valence-corrected chi connectivity index (χ0v) is 16.1.